The van der Waals surface area contributed by atoms with Crippen molar-refractivity contribution < 1.29 is 58.8 Å². The maximum atomic E-state index is 15.0. The summed E-state index contributed by atoms with van der Waals surface area (Å²) < 4.78 is 32.3. The molecule has 0 spiro atoms. The molecule has 0 radical (unpaired) electrons. The van der Waals surface area contributed by atoms with E-state index in [-0.39, 0.29) is 50.3 Å². The molecule has 6 rings (SSSR count). The third kappa shape index (κ3) is 15.7. The highest BCUT2D eigenvalue weighted by Gasteiger charge is 2.56. The zero-order valence-electron chi connectivity index (χ0n) is 54.1. The maximum Gasteiger partial charge on any atom is 0.309 e. The van der Waals surface area contributed by atoms with Gasteiger partial charge in [0.2, 0.25) is 5.91 Å². The van der Waals surface area contributed by atoms with Gasteiger partial charge in [-0.25, -0.2) is 0 Å². The number of likely N-dealkylation sites (N-methyl/N-ethyl adjacent to an activating group) is 1. The van der Waals surface area contributed by atoms with Gasteiger partial charge in [0.15, 0.2) is 6.29 Å². The number of unbranched alkanes of at least 4 members (excludes halogenated alkanes) is 3. The molecule has 83 heavy (non-hydrogen) atoms. The summed E-state index contributed by atoms with van der Waals surface area (Å²) in [5.74, 6) is -3.72. The van der Waals surface area contributed by atoms with Gasteiger partial charge in [-0.05, 0) is 217 Å². The second kappa shape index (κ2) is 28.2. The summed E-state index contributed by atoms with van der Waals surface area (Å²) in [6, 6.07) is 19.9. The van der Waals surface area contributed by atoms with E-state index >= 15 is 4.79 Å². The van der Waals surface area contributed by atoms with Gasteiger partial charge in [-0.1, -0.05) is 52.3 Å². The number of rotatable bonds is 16. The first-order chi connectivity index (χ1) is 38.7. The van der Waals surface area contributed by atoms with Gasteiger partial charge in [-0.3, -0.25) is 9.59 Å². The van der Waals surface area contributed by atoms with Crippen molar-refractivity contribution in [1.82, 2.24) is 9.80 Å². The lowest BCUT2D eigenvalue weighted by Gasteiger charge is -2.51. The summed E-state index contributed by atoms with van der Waals surface area (Å²) in [6.07, 6.45) is -3.53. The van der Waals surface area contributed by atoms with Gasteiger partial charge in [0, 0.05) is 38.5 Å². The monoisotopic (exact) mass is 1180 g/mol. The molecule has 18 atom stereocenters. The van der Waals surface area contributed by atoms with Crippen LogP contribution in [0.4, 0.5) is 0 Å². The third-order valence-corrected chi connectivity index (χ3v) is 23.6. The van der Waals surface area contributed by atoms with Gasteiger partial charge < -0.3 is 59.0 Å². The van der Waals surface area contributed by atoms with Crippen LogP contribution in [0.3, 0.4) is 0 Å². The number of cyclic esters (lactones) is 1. The van der Waals surface area contributed by atoms with E-state index in [2.05, 4.69) is 96.1 Å². The lowest BCUT2D eigenvalue weighted by molar-refractivity contribution is -0.302. The third-order valence-electron chi connectivity index (χ3n) is 19.2. The van der Waals surface area contributed by atoms with E-state index in [1.807, 2.05) is 46.7 Å². The van der Waals surface area contributed by atoms with Crippen molar-refractivity contribution >= 4 is 35.1 Å². The summed E-state index contributed by atoms with van der Waals surface area (Å²) in [6.45, 7) is 31.0. The van der Waals surface area contributed by atoms with Crippen LogP contribution in [0, 0.1) is 65.2 Å². The number of ether oxygens (including phenoxy) is 5. The summed E-state index contributed by atoms with van der Waals surface area (Å²) >= 11 is 0. The molecule has 3 aliphatic rings. The second-order valence-corrected chi connectivity index (χ2v) is 30.7. The SMILES string of the molecule is CC[C@H]1OC(=O)[C@H](C)[C@@H](C2C[C@@](C)(OC)[C@@H](O)[C@H](C)O2)[C@H](C)[C@@H](O[C@@H]2O[C@H](C)C[C@H](N(C)C)[C@H]2O)[C@](C)(O)C[C@@H](C)CN(C(=O)CCCCCC[P+](c2cc(C)cc(C)c2)(c2cc(C)cc(C)c2)c2cc(C)cc(C)c2)[C@H](C)[C@@H](O)[C@]1(C)O. The number of aliphatic hydroxyl groups excluding tert-OH is 3. The Bertz CT molecular complexity index is 2460. The Morgan fingerprint density at radius 1 is 0.735 bits per heavy atom. The van der Waals surface area contributed by atoms with E-state index in [4.69, 9.17) is 23.7 Å². The minimum atomic E-state index is -2.18. The molecule has 3 saturated heterocycles. The van der Waals surface area contributed by atoms with Crippen LogP contribution in [0.25, 0.3) is 0 Å². The highest BCUT2D eigenvalue weighted by atomic mass is 31.2. The summed E-state index contributed by atoms with van der Waals surface area (Å²) in [7, 11) is 3.14. The molecule has 15 heteroatoms. The van der Waals surface area contributed by atoms with Crippen LogP contribution in [-0.2, 0) is 33.3 Å². The molecule has 3 aromatic rings. The number of carbonyl (C=O) groups is 2. The minimum absolute atomic E-state index is 0.0896. The maximum absolute atomic E-state index is 15.0. The Morgan fingerprint density at radius 3 is 1.72 bits per heavy atom. The van der Waals surface area contributed by atoms with Gasteiger partial charge >= 0.3 is 5.97 Å². The van der Waals surface area contributed by atoms with Gasteiger partial charge in [-0.15, -0.1) is 0 Å². The number of esters is 1. The molecule has 0 bridgehead atoms. The number of aliphatic hydroxyl groups is 5. The molecule has 0 saturated carbocycles. The first-order valence-corrected chi connectivity index (χ1v) is 33.0. The van der Waals surface area contributed by atoms with Crippen molar-refractivity contribution in [2.45, 2.75) is 253 Å². The van der Waals surface area contributed by atoms with Gasteiger partial charge in [0.1, 0.15) is 53.2 Å². The molecule has 14 nitrogen and oxygen atoms in total. The Hall–Kier alpha value is -3.37. The first kappa shape index (κ1) is 68.7. The fourth-order valence-corrected chi connectivity index (χ4v) is 19.8. The van der Waals surface area contributed by atoms with Crippen molar-refractivity contribution in [3.63, 3.8) is 0 Å². The highest BCUT2D eigenvalue weighted by molar-refractivity contribution is 7.95. The van der Waals surface area contributed by atoms with Crippen LogP contribution in [0.2, 0.25) is 0 Å². The number of aryl methyl sites for hydroxylation is 6. The normalized spacial score (nSPS) is 35.4. The van der Waals surface area contributed by atoms with Crippen molar-refractivity contribution in [2.24, 2.45) is 23.7 Å². The highest BCUT2D eigenvalue weighted by Crippen LogP contribution is 2.57. The number of nitrogens with zero attached hydrogens (tertiary/aromatic N) is 2. The van der Waals surface area contributed by atoms with Crippen LogP contribution in [-0.4, -0.2) is 165 Å². The molecular formula is C68H108N2O12P+. The molecule has 0 aliphatic carbocycles. The Labute approximate surface area is 499 Å². The summed E-state index contributed by atoms with van der Waals surface area (Å²) in [5.41, 5.74) is 2.69. The summed E-state index contributed by atoms with van der Waals surface area (Å²) in [5, 5.41) is 65.6. The molecule has 0 aromatic heterocycles. The zero-order chi connectivity index (χ0) is 61.8. The van der Waals surface area contributed by atoms with Gasteiger partial charge in [0.25, 0.3) is 0 Å². The number of carbonyl (C=O) groups excluding carboxylic acids is 2. The number of methoxy groups -OCH3 is 1. The fraction of sp³-hybridized carbons (Fsp3) is 0.706. The van der Waals surface area contributed by atoms with E-state index < -0.39 is 109 Å². The van der Waals surface area contributed by atoms with Crippen molar-refractivity contribution in [1.29, 1.82) is 0 Å². The smallest absolute Gasteiger partial charge is 0.309 e. The van der Waals surface area contributed by atoms with Crippen LogP contribution >= 0.6 is 7.26 Å². The summed E-state index contributed by atoms with van der Waals surface area (Å²) in [4.78, 5) is 33.5. The standard InChI is InChI=1S/C68H108N2O12P/c1-20-57-68(16,77)61(73)50(12)70(58(71)25-23-21-22-24-26-83(52-30-40(2)27-41(3)31-52,53-32-42(4)28-43(5)33-53)54-34-44(6)29-45(7)35-54)39-46(8)37-66(14,76)63(82-65-60(72)55(69(17)18)36-47(9)79-65)48(10)59(49(11)64(75)81-57)56-38-67(15,78-19)62(74)51(13)80-56/h27-35,46-51,55-57,59-63,65,72-74,76-77H,20-26,36-39H2,1-19H3/q+1/t46-,47-,48+,49-,50-,51+,55+,56?,57-,59+,60-,61-,62+,63-,65+,66-,67-,68-/m1/s1. The van der Waals surface area contributed by atoms with Gasteiger partial charge in [-0.2, -0.15) is 0 Å². The van der Waals surface area contributed by atoms with Crippen molar-refractivity contribution in [3.8, 4) is 0 Å². The lowest BCUT2D eigenvalue weighted by Crippen LogP contribution is -2.61. The van der Waals surface area contributed by atoms with E-state index in [1.165, 1.54) is 63.3 Å². The fourth-order valence-electron chi connectivity index (χ4n) is 14.9. The Morgan fingerprint density at radius 2 is 1.24 bits per heavy atom. The molecule has 5 N–H and O–H groups in total. The number of hydrogen-bond donors (Lipinski definition) is 5. The van der Waals surface area contributed by atoms with Crippen molar-refractivity contribution in [2.75, 3.05) is 33.9 Å². The lowest BCUT2D eigenvalue weighted by atomic mass is 9.68. The van der Waals surface area contributed by atoms with Crippen molar-refractivity contribution in [3.05, 3.63) is 88.0 Å². The molecule has 3 aromatic carbocycles. The van der Waals surface area contributed by atoms with E-state index in [0.29, 0.717) is 12.8 Å². The number of benzene rings is 3. The largest absolute Gasteiger partial charge is 0.459 e. The van der Waals surface area contributed by atoms with Crippen LogP contribution in [0.15, 0.2) is 54.6 Å². The Kier molecular flexibility index (Phi) is 23.4. The Balaban J connectivity index is 1.33. The topological polar surface area (TPSA) is 188 Å². The molecule has 1 amide bonds. The molecular weight excluding hydrogens is 1070 g/mol. The van der Waals surface area contributed by atoms with Crippen LogP contribution in [0.5, 0.6) is 0 Å². The van der Waals surface area contributed by atoms with E-state index in [9.17, 15) is 30.3 Å². The second-order valence-electron chi connectivity index (χ2n) is 27.1. The molecule has 3 fully saturated rings. The predicted octanol–water partition coefficient (Wildman–Crippen LogP) is 8.87. The zero-order valence-corrected chi connectivity index (χ0v) is 55.0. The van der Waals surface area contributed by atoms with Crippen LogP contribution in [0.1, 0.15) is 160 Å². The first-order valence-electron chi connectivity index (χ1n) is 31.0. The quantitative estimate of drug-likeness (QED) is 0.0521. The number of amides is 1. The van der Waals surface area contributed by atoms with Gasteiger partial charge in [0.05, 0.1) is 53.7 Å². The number of hydrogen-bond acceptors (Lipinski definition) is 13. The average molecular weight is 1180 g/mol. The van der Waals surface area contributed by atoms with E-state index in [0.717, 1.165) is 25.4 Å². The molecule has 3 aliphatic heterocycles. The predicted molar refractivity (Wildman–Crippen MR) is 333 cm³/mol. The minimum Gasteiger partial charge on any atom is -0.459 e. The molecule has 466 valence electrons. The average Bonchev–Trinajstić information content (AvgIpc) is 3.49. The molecule has 3 heterocycles. The van der Waals surface area contributed by atoms with E-state index in [1.54, 1.807) is 39.5 Å². The van der Waals surface area contributed by atoms with Crippen LogP contribution < -0.4 is 15.9 Å². The molecule has 1 unspecified atom stereocenters.